The molecule has 1 amide bonds. The van der Waals surface area contributed by atoms with Gasteiger partial charge in [0.2, 0.25) is 0 Å². The van der Waals surface area contributed by atoms with Gasteiger partial charge < -0.3 is 10.4 Å². The van der Waals surface area contributed by atoms with Crippen LogP contribution in [-0.2, 0) is 4.79 Å². The lowest BCUT2D eigenvalue weighted by Gasteiger charge is -2.29. The maximum absolute atomic E-state index is 13.4. The summed E-state index contributed by atoms with van der Waals surface area (Å²) in [4.78, 5) is 23.8. The van der Waals surface area contributed by atoms with Crippen LogP contribution in [0.2, 0.25) is 5.02 Å². The average Bonchev–Trinajstić information content (AvgIpc) is 2.68. The van der Waals surface area contributed by atoms with Crippen LogP contribution in [0.25, 0.3) is 0 Å². The molecule has 1 saturated carbocycles. The number of hydrogen-bond donors (Lipinski definition) is 2. The topological polar surface area (TPSA) is 66.4 Å². The van der Waals surface area contributed by atoms with Gasteiger partial charge in [0.05, 0.1) is 5.02 Å². The van der Waals surface area contributed by atoms with Gasteiger partial charge in [-0.05, 0) is 31.0 Å². The first kappa shape index (κ1) is 15.8. The number of hydrogen-bond acceptors (Lipinski definition) is 2. The fourth-order valence-corrected chi connectivity index (χ4v) is 2.77. The molecule has 0 heterocycles. The Kier molecular flexibility index (Phi) is 4.83. The molecule has 0 aliphatic heterocycles. The van der Waals surface area contributed by atoms with Crippen LogP contribution in [0, 0.1) is 5.82 Å². The first-order chi connectivity index (χ1) is 9.94. The van der Waals surface area contributed by atoms with E-state index in [0.717, 1.165) is 31.7 Å². The van der Waals surface area contributed by atoms with E-state index in [1.54, 1.807) is 0 Å². The summed E-state index contributed by atoms with van der Waals surface area (Å²) < 4.78 is 13.4. The Bertz CT molecular complexity index is 554. The number of benzene rings is 1. The fourth-order valence-electron chi connectivity index (χ4n) is 2.65. The molecule has 1 aromatic carbocycles. The Labute approximate surface area is 127 Å². The van der Waals surface area contributed by atoms with Gasteiger partial charge in [0, 0.05) is 5.56 Å². The summed E-state index contributed by atoms with van der Waals surface area (Å²) in [6.45, 7) is 0. The number of halogens is 2. The van der Waals surface area contributed by atoms with Gasteiger partial charge in [-0.1, -0.05) is 37.3 Å². The smallest absolute Gasteiger partial charge is 0.329 e. The van der Waals surface area contributed by atoms with Crippen molar-refractivity contribution < 1.29 is 19.1 Å². The zero-order valence-electron chi connectivity index (χ0n) is 11.5. The Morgan fingerprint density at radius 3 is 2.33 bits per heavy atom. The van der Waals surface area contributed by atoms with Crippen LogP contribution in [-0.4, -0.2) is 22.5 Å². The summed E-state index contributed by atoms with van der Waals surface area (Å²) in [5, 5.41) is 12.0. The SMILES string of the molecule is O=C(NC1(C(=O)O)CCCCCC1)c1ccc(Cl)c(F)c1. The quantitative estimate of drug-likeness (QED) is 0.841. The molecule has 0 unspecified atom stereocenters. The molecule has 114 valence electrons. The predicted molar refractivity (Wildman–Crippen MR) is 76.9 cm³/mol. The molecule has 0 aromatic heterocycles. The van der Waals surface area contributed by atoms with E-state index in [9.17, 15) is 19.1 Å². The van der Waals surface area contributed by atoms with Crippen LogP contribution in [0.15, 0.2) is 18.2 Å². The number of nitrogens with one attached hydrogen (secondary N) is 1. The van der Waals surface area contributed by atoms with E-state index in [2.05, 4.69) is 5.32 Å². The van der Waals surface area contributed by atoms with Gasteiger partial charge in [0.25, 0.3) is 5.91 Å². The van der Waals surface area contributed by atoms with E-state index < -0.39 is 23.2 Å². The third-order valence-corrected chi connectivity index (χ3v) is 4.21. The van der Waals surface area contributed by atoms with Crippen molar-refractivity contribution in [3.05, 3.63) is 34.6 Å². The van der Waals surface area contributed by atoms with Crippen molar-refractivity contribution >= 4 is 23.5 Å². The fraction of sp³-hybridized carbons (Fsp3) is 0.467. The number of carbonyl (C=O) groups excluding carboxylic acids is 1. The highest BCUT2D eigenvalue weighted by atomic mass is 35.5. The van der Waals surface area contributed by atoms with E-state index in [1.807, 2.05) is 0 Å². The normalized spacial score (nSPS) is 17.8. The molecule has 4 nitrogen and oxygen atoms in total. The third-order valence-electron chi connectivity index (χ3n) is 3.90. The molecule has 1 aromatic rings. The van der Waals surface area contributed by atoms with Crippen LogP contribution in [0.1, 0.15) is 48.9 Å². The van der Waals surface area contributed by atoms with Gasteiger partial charge in [-0.15, -0.1) is 0 Å². The predicted octanol–water partition coefficient (Wildman–Crippen LogP) is 3.39. The lowest BCUT2D eigenvalue weighted by molar-refractivity contribution is -0.145. The molecule has 0 saturated heterocycles. The van der Waals surface area contributed by atoms with Gasteiger partial charge in [0.15, 0.2) is 0 Å². The molecular weight excluding hydrogens is 297 g/mol. The molecule has 2 rings (SSSR count). The summed E-state index contributed by atoms with van der Waals surface area (Å²) in [5.74, 6) is -2.32. The highest BCUT2D eigenvalue weighted by Gasteiger charge is 2.40. The third kappa shape index (κ3) is 3.53. The van der Waals surface area contributed by atoms with E-state index in [0.29, 0.717) is 12.8 Å². The van der Waals surface area contributed by atoms with Gasteiger partial charge in [-0.25, -0.2) is 9.18 Å². The van der Waals surface area contributed by atoms with Crippen LogP contribution >= 0.6 is 11.6 Å². The minimum absolute atomic E-state index is 0.0711. The summed E-state index contributed by atoms with van der Waals surface area (Å²) >= 11 is 5.58. The number of carbonyl (C=O) groups is 2. The van der Waals surface area contributed by atoms with E-state index in [1.165, 1.54) is 12.1 Å². The molecule has 0 spiro atoms. The van der Waals surface area contributed by atoms with Crippen LogP contribution < -0.4 is 5.32 Å². The Morgan fingerprint density at radius 2 is 1.81 bits per heavy atom. The van der Waals surface area contributed by atoms with Crippen LogP contribution in [0.3, 0.4) is 0 Å². The molecule has 1 aliphatic carbocycles. The van der Waals surface area contributed by atoms with Gasteiger partial charge in [0.1, 0.15) is 11.4 Å². The number of rotatable bonds is 3. The van der Waals surface area contributed by atoms with E-state index in [-0.39, 0.29) is 10.6 Å². The second-order valence-electron chi connectivity index (χ2n) is 5.38. The minimum Gasteiger partial charge on any atom is -0.480 e. The van der Waals surface area contributed by atoms with Gasteiger partial charge in [-0.3, -0.25) is 4.79 Å². The van der Waals surface area contributed by atoms with Crippen molar-refractivity contribution in [3.8, 4) is 0 Å². The Hall–Kier alpha value is -1.62. The zero-order valence-corrected chi connectivity index (χ0v) is 12.3. The minimum atomic E-state index is -1.26. The number of aliphatic carboxylic acids is 1. The molecule has 0 bridgehead atoms. The first-order valence-electron chi connectivity index (χ1n) is 6.95. The molecule has 2 N–H and O–H groups in total. The van der Waals surface area contributed by atoms with E-state index >= 15 is 0 Å². The summed E-state index contributed by atoms with van der Waals surface area (Å²) in [5.41, 5.74) is -1.19. The standard InChI is InChI=1S/C15H17ClFNO3/c16-11-6-5-10(9-12(11)17)13(19)18-15(14(20)21)7-3-1-2-4-8-15/h5-6,9H,1-4,7-8H2,(H,18,19)(H,20,21). The maximum Gasteiger partial charge on any atom is 0.329 e. The Morgan fingerprint density at radius 1 is 1.19 bits per heavy atom. The van der Waals surface area contributed by atoms with Crippen molar-refractivity contribution in [2.24, 2.45) is 0 Å². The molecule has 1 aliphatic rings. The van der Waals surface area contributed by atoms with Gasteiger partial charge >= 0.3 is 5.97 Å². The van der Waals surface area contributed by atoms with Crippen molar-refractivity contribution in [3.63, 3.8) is 0 Å². The average molecular weight is 314 g/mol. The van der Waals surface area contributed by atoms with Crippen LogP contribution in [0.4, 0.5) is 4.39 Å². The van der Waals surface area contributed by atoms with Crippen molar-refractivity contribution in [2.45, 2.75) is 44.1 Å². The molecular formula is C15H17ClFNO3. The highest BCUT2D eigenvalue weighted by Crippen LogP contribution is 2.28. The molecule has 6 heteroatoms. The molecule has 1 fully saturated rings. The lowest BCUT2D eigenvalue weighted by Crippen LogP contribution is -2.54. The number of amides is 1. The molecule has 0 atom stereocenters. The number of carboxylic acids is 1. The largest absolute Gasteiger partial charge is 0.480 e. The lowest BCUT2D eigenvalue weighted by atomic mass is 9.90. The van der Waals surface area contributed by atoms with Crippen molar-refractivity contribution in [1.82, 2.24) is 5.32 Å². The van der Waals surface area contributed by atoms with Crippen LogP contribution in [0.5, 0.6) is 0 Å². The summed E-state index contributed by atoms with van der Waals surface area (Å²) in [7, 11) is 0. The molecule has 21 heavy (non-hydrogen) atoms. The highest BCUT2D eigenvalue weighted by molar-refractivity contribution is 6.30. The van der Waals surface area contributed by atoms with Crippen molar-refractivity contribution in [1.29, 1.82) is 0 Å². The second-order valence-corrected chi connectivity index (χ2v) is 5.79. The summed E-state index contributed by atoms with van der Waals surface area (Å²) in [6, 6.07) is 3.68. The summed E-state index contributed by atoms with van der Waals surface area (Å²) in [6.07, 6.45) is 4.21. The Balaban J connectivity index is 2.21. The first-order valence-corrected chi connectivity index (χ1v) is 7.33. The second kappa shape index (κ2) is 6.43. The van der Waals surface area contributed by atoms with Crippen molar-refractivity contribution in [2.75, 3.05) is 0 Å². The van der Waals surface area contributed by atoms with Gasteiger partial charge in [-0.2, -0.15) is 0 Å². The van der Waals surface area contributed by atoms with E-state index in [4.69, 9.17) is 11.6 Å². The monoisotopic (exact) mass is 313 g/mol. The number of carboxylic acid groups (broad SMARTS) is 1. The molecule has 0 radical (unpaired) electrons. The maximum atomic E-state index is 13.4. The zero-order chi connectivity index (χ0) is 15.5.